The Morgan fingerprint density at radius 1 is 0.964 bits per heavy atom. The van der Waals surface area contributed by atoms with Gasteiger partial charge in [-0.15, -0.1) is 11.8 Å². The van der Waals surface area contributed by atoms with Crippen LogP contribution < -0.4 is 4.72 Å². The van der Waals surface area contributed by atoms with Crippen molar-refractivity contribution in [2.24, 2.45) is 0 Å². The van der Waals surface area contributed by atoms with Crippen LogP contribution in [0, 0.1) is 6.92 Å². The molecule has 0 bridgehead atoms. The monoisotopic (exact) mass is 407 g/mol. The standard InChI is InChI=1S/C23H21NO2S2/c1-16-10-11-21-22(14-17-6-5-8-19(13-17)24-28(2,25)26)20-9-4-3-7-18(20)15-27-23(21)12-16/h3-14,24H,15H2,1-2H3/b22-14-. The minimum absolute atomic E-state index is 0.567. The molecule has 0 aliphatic carbocycles. The predicted molar refractivity (Wildman–Crippen MR) is 119 cm³/mol. The van der Waals surface area contributed by atoms with E-state index in [0.29, 0.717) is 5.69 Å². The van der Waals surface area contributed by atoms with E-state index >= 15 is 0 Å². The maximum absolute atomic E-state index is 11.6. The first-order chi connectivity index (χ1) is 13.4. The van der Waals surface area contributed by atoms with Crippen LogP contribution in [0.2, 0.25) is 0 Å². The highest BCUT2D eigenvalue weighted by molar-refractivity contribution is 7.98. The average Bonchev–Trinajstić information content (AvgIpc) is 2.78. The molecule has 28 heavy (non-hydrogen) atoms. The maximum atomic E-state index is 11.6. The number of sulfonamides is 1. The molecule has 1 heterocycles. The lowest BCUT2D eigenvalue weighted by Crippen LogP contribution is -2.09. The Bertz CT molecular complexity index is 1180. The highest BCUT2D eigenvalue weighted by atomic mass is 32.2. The topological polar surface area (TPSA) is 46.2 Å². The number of fused-ring (bicyclic) bond motifs is 2. The third kappa shape index (κ3) is 4.16. The van der Waals surface area contributed by atoms with Gasteiger partial charge in [-0.05, 0) is 64.6 Å². The van der Waals surface area contributed by atoms with Crippen LogP contribution in [0.4, 0.5) is 5.69 Å². The molecule has 3 nitrogen and oxygen atoms in total. The molecular formula is C23H21NO2S2. The van der Waals surface area contributed by atoms with Gasteiger partial charge in [-0.25, -0.2) is 8.42 Å². The molecule has 0 spiro atoms. The molecule has 0 unspecified atom stereocenters. The number of hydrogen-bond acceptors (Lipinski definition) is 3. The van der Waals surface area contributed by atoms with Crippen molar-refractivity contribution < 1.29 is 8.42 Å². The maximum Gasteiger partial charge on any atom is 0.229 e. The van der Waals surface area contributed by atoms with Gasteiger partial charge < -0.3 is 0 Å². The molecule has 5 heteroatoms. The van der Waals surface area contributed by atoms with Gasteiger partial charge in [-0.3, -0.25) is 4.72 Å². The summed E-state index contributed by atoms with van der Waals surface area (Å²) in [7, 11) is -3.31. The number of benzene rings is 3. The van der Waals surface area contributed by atoms with Crippen molar-refractivity contribution in [1.82, 2.24) is 0 Å². The van der Waals surface area contributed by atoms with Crippen molar-refractivity contribution in [3.05, 3.63) is 94.5 Å². The SMILES string of the molecule is Cc1ccc2c(c1)SCc1ccccc1/C2=C/c1cccc(NS(C)(=O)=O)c1. The van der Waals surface area contributed by atoms with Gasteiger partial charge in [0.1, 0.15) is 0 Å². The summed E-state index contributed by atoms with van der Waals surface area (Å²) in [5.74, 6) is 0.930. The zero-order valence-corrected chi connectivity index (χ0v) is 17.4. The molecule has 1 N–H and O–H groups in total. The van der Waals surface area contributed by atoms with E-state index in [-0.39, 0.29) is 0 Å². The van der Waals surface area contributed by atoms with Crippen LogP contribution in [0.5, 0.6) is 0 Å². The Morgan fingerprint density at radius 3 is 2.61 bits per heavy atom. The molecule has 142 valence electrons. The molecule has 0 fully saturated rings. The first kappa shape index (κ1) is 18.8. The number of thioether (sulfide) groups is 1. The second-order valence-electron chi connectivity index (χ2n) is 7.00. The number of hydrogen-bond donors (Lipinski definition) is 1. The summed E-state index contributed by atoms with van der Waals surface area (Å²) in [5.41, 5.74) is 7.66. The predicted octanol–water partition coefficient (Wildman–Crippen LogP) is 5.56. The molecule has 0 saturated heterocycles. The lowest BCUT2D eigenvalue weighted by molar-refractivity contribution is 0.607. The molecule has 3 aromatic carbocycles. The summed E-state index contributed by atoms with van der Waals surface area (Å²) in [6.45, 7) is 2.11. The Hall–Kier alpha value is -2.50. The first-order valence-electron chi connectivity index (χ1n) is 9.01. The molecule has 0 radical (unpaired) electrons. The second kappa shape index (κ2) is 7.49. The highest BCUT2D eigenvalue weighted by Gasteiger charge is 2.18. The zero-order valence-electron chi connectivity index (χ0n) is 15.8. The van der Waals surface area contributed by atoms with E-state index in [2.05, 4.69) is 60.2 Å². The number of nitrogens with one attached hydrogen (secondary N) is 1. The van der Waals surface area contributed by atoms with Crippen LogP contribution in [0.25, 0.3) is 11.6 Å². The summed E-state index contributed by atoms with van der Waals surface area (Å²) in [6, 6.07) is 22.5. The highest BCUT2D eigenvalue weighted by Crippen LogP contribution is 2.41. The van der Waals surface area contributed by atoms with E-state index in [1.54, 1.807) is 6.07 Å². The summed E-state index contributed by atoms with van der Waals surface area (Å²) < 4.78 is 25.7. The van der Waals surface area contributed by atoms with Crippen LogP contribution in [0.1, 0.15) is 27.8 Å². The van der Waals surface area contributed by atoms with Crippen molar-refractivity contribution in [2.45, 2.75) is 17.6 Å². The largest absolute Gasteiger partial charge is 0.284 e. The van der Waals surface area contributed by atoms with Crippen LogP contribution in [-0.2, 0) is 15.8 Å². The lowest BCUT2D eigenvalue weighted by atomic mass is 9.92. The Balaban J connectivity index is 1.88. The Labute approximate surface area is 170 Å². The van der Waals surface area contributed by atoms with Gasteiger partial charge in [-0.2, -0.15) is 0 Å². The summed E-state index contributed by atoms with van der Waals surface area (Å²) in [6.07, 6.45) is 3.31. The minimum Gasteiger partial charge on any atom is -0.284 e. The molecular weight excluding hydrogens is 386 g/mol. The van der Waals surface area contributed by atoms with Gasteiger partial charge in [0.2, 0.25) is 10.0 Å². The summed E-state index contributed by atoms with van der Waals surface area (Å²) >= 11 is 1.86. The van der Waals surface area contributed by atoms with E-state index in [1.165, 1.54) is 27.1 Å². The number of anilines is 1. The molecule has 0 atom stereocenters. The van der Waals surface area contributed by atoms with Crippen LogP contribution >= 0.6 is 11.8 Å². The fraction of sp³-hybridized carbons (Fsp3) is 0.130. The zero-order chi connectivity index (χ0) is 19.7. The Morgan fingerprint density at radius 2 is 1.79 bits per heavy atom. The quantitative estimate of drug-likeness (QED) is 0.618. The van der Waals surface area contributed by atoms with Crippen LogP contribution in [0.3, 0.4) is 0 Å². The van der Waals surface area contributed by atoms with Gasteiger partial charge in [0.15, 0.2) is 0 Å². The average molecular weight is 408 g/mol. The number of rotatable bonds is 3. The third-order valence-corrected chi connectivity index (χ3v) is 6.33. The second-order valence-corrected chi connectivity index (χ2v) is 9.77. The van der Waals surface area contributed by atoms with Crippen molar-refractivity contribution in [2.75, 3.05) is 11.0 Å². The summed E-state index contributed by atoms with van der Waals surface area (Å²) in [4.78, 5) is 1.27. The smallest absolute Gasteiger partial charge is 0.229 e. The van der Waals surface area contributed by atoms with E-state index in [1.807, 2.05) is 30.0 Å². The third-order valence-electron chi connectivity index (χ3n) is 4.62. The molecule has 0 amide bonds. The van der Waals surface area contributed by atoms with E-state index in [0.717, 1.165) is 23.1 Å². The van der Waals surface area contributed by atoms with Gasteiger partial charge in [0.25, 0.3) is 0 Å². The van der Waals surface area contributed by atoms with Crippen molar-refractivity contribution in [3.63, 3.8) is 0 Å². The summed E-state index contributed by atoms with van der Waals surface area (Å²) in [5, 5.41) is 0. The minimum atomic E-state index is -3.31. The molecule has 4 rings (SSSR count). The van der Waals surface area contributed by atoms with Crippen LogP contribution in [-0.4, -0.2) is 14.7 Å². The molecule has 1 aliphatic heterocycles. The normalized spacial score (nSPS) is 14.9. The Kier molecular flexibility index (Phi) is 5.04. The molecule has 1 aliphatic rings. The fourth-order valence-electron chi connectivity index (χ4n) is 3.41. The molecule has 0 aromatic heterocycles. The fourth-order valence-corrected chi connectivity index (χ4v) is 5.13. The molecule has 3 aromatic rings. The first-order valence-corrected chi connectivity index (χ1v) is 11.9. The molecule has 0 saturated carbocycles. The number of aryl methyl sites for hydroxylation is 1. The van der Waals surface area contributed by atoms with Gasteiger partial charge in [0.05, 0.1) is 6.26 Å². The van der Waals surface area contributed by atoms with Gasteiger partial charge >= 0.3 is 0 Å². The van der Waals surface area contributed by atoms with Crippen molar-refractivity contribution in [3.8, 4) is 0 Å². The van der Waals surface area contributed by atoms with E-state index in [4.69, 9.17) is 0 Å². The van der Waals surface area contributed by atoms with E-state index < -0.39 is 10.0 Å². The van der Waals surface area contributed by atoms with Crippen molar-refractivity contribution in [1.29, 1.82) is 0 Å². The van der Waals surface area contributed by atoms with E-state index in [9.17, 15) is 8.42 Å². The van der Waals surface area contributed by atoms with Crippen molar-refractivity contribution >= 4 is 39.1 Å². The van der Waals surface area contributed by atoms with Gasteiger partial charge in [-0.1, -0.05) is 48.5 Å². The lowest BCUT2D eigenvalue weighted by Gasteiger charge is -2.13. The van der Waals surface area contributed by atoms with Gasteiger partial charge in [0, 0.05) is 16.3 Å². The van der Waals surface area contributed by atoms with Crippen LogP contribution in [0.15, 0.2) is 71.6 Å².